The fourth-order valence-corrected chi connectivity index (χ4v) is 2.34. The summed E-state index contributed by atoms with van der Waals surface area (Å²) in [6, 6.07) is 16.4. The second-order valence-electron chi connectivity index (χ2n) is 5.85. The van der Waals surface area contributed by atoms with E-state index in [2.05, 4.69) is 36.2 Å². The summed E-state index contributed by atoms with van der Waals surface area (Å²) < 4.78 is 12.9. The number of anilines is 1. The van der Waals surface area contributed by atoms with Gasteiger partial charge in [-0.15, -0.1) is 0 Å². The third-order valence-electron chi connectivity index (χ3n) is 3.71. The molecular formula is C19H23FN2O. The van der Waals surface area contributed by atoms with Crippen LogP contribution in [0.15, 0.2) is 54.6 Å². The zero-order valence-electron chi connectivity index (χ0n) is 13.6. The van der Waals surface area contributed by atoms with Gasteiger partial charge in [0.05, 0.1) is 0 Å². The first-order chi connectivity index (χ1) is 11.0. The van der Waals surface area contributed by atoms with Gasteiger partial charge in [-0.2, -0.15) is 0 Å². The third-order valence-corrected chi connectivity index (χ3v) is 3.71. The minimum Gasteiger partial charge on any atom is -0.326 e. The van der Waals surface area contributed by atoms with E-state index in [1.165, 1.54) is 17.7 Å². The van der Waals surface area contributed by atoms with Crippen molar-refractivity contribution in [1.82, 2.24) is 4.90 Å². The molecule has 0 bridgehead atoms. The van der Waals surface area contributed by atoms with Crippen LogP contribution in [-0.2, 0) is 11.3 Å². The summed E-state index contributed by atoms with van der Waals surface area (Å²) in [4.78, 5) is 14.3. The molecular weight excluding hydrogens is 291 g/mol. The molecule has 2 rings (SSSR count). The highest BCUT2D eigenvalue weighted by Gasteiger charge is 2.12. The van der Waals surface area contributed by atoms with Gasteiger partial charge in [-0.25, -0.2) is 4.39 Å². The van der Waals surface area contributed by atoms with Crippen molar-refractivity contribution in [1.29, 1.82) is 0 Å². The number of rotatable bonds is 7. The largest absolute Gasteiger partial charge is 0.326 e. The molecule has 23 heavy (non-hydrogen) atoms. The molecule has 1 N–H and O–H groups in total. The van der Waals surface area contributed by atoms with E-state index in [1.54, 1.807) is 12.1 Å². The summed E-state index contributed by atoms with van der Waals surface area (Å²) in [6.07, 6.45) is 0.405. The number of hydrogen-bond acceptors (Lipinski definition) is 2. The molecule has 0 unspecified atom stereocenters. The Bertz CT molecular complexity index is 611. The number of carbonyl (C=O) groups is 1. The highest BCUT2D eigenvalue weighted by Crippen LogP contribution is 2.11. The standard InChI is InChI=1S/C19H23FN2O/c1-15(2)22(14-16-6-4-3-5-7-16)13-12-19(23)21-18-10-8-17(20)9-11-18/h3-11,15H,12-14H2,1-2H3,(H,21,23). The van der Waals surface area contributed by atoms with Crippen molar-refractivity contribution in [2.24, 2.45) is 0 Å². The van der Waals surface area contributed by atoms with Crippen LogP contribution in [0.3, 0.4) is 0 Å². The summed E-state index contributed by atoms with van der Waals surface area (Å²) in [7, 11) is 0. The number of carbonyl (C=O) groups excluding carboxylic acids is 1. The Hall–Kier alpha value is -2.20. The minimum absolute atomic E-state index is 0.0599. The van der Waals surface area contributed by atoms with Crippen LogP contribution < -0.4 is 5.32 Å². The Morgan fingerprint density at radius 1 is 1.09 bits per heavy atom. The summed E-state index contributed by atoms with van der Waals surface area (Å²) >= 11 is 0. The molecule has 0 aliphatic carbocycles. The van der Waals surface area contributed by atoms with Crippen molar-refractivity contribution in [3.63, 3.8) is 0 Å². The lowest BCUT2D eigenvalue weighted by molar-refractivity contribution is -0.116. The van der Waals surface area contributed by atoms with Crippen molar-refractivity contribution in [3.05, 3.63) is 66.0 Å². The topological polar surface area (TPSA) is 32.3 Å². The number of amides is 1. The molecule has 0 saturated carbocycles. The van der Waals surface area contributed by atoms with Crippen molar-refractivity contribution in [3.8, 4) is 0 Å². The summed E-state index contributed by atoms with van der Waals surface area (Å²) in [6.45, 7) is 5.75. The van der Waals surface area contributed by atoms with Gasteiger partial charge >= 0.3 is 0 Å². The van der Waals surface area contributed by atoms with Crippen molar-refractivity contribution in [2.75, 3.05) is 11.9 Å². The fourth-order valence-electron chi connectivity index (χ4n) is 2.34. The molecule has 4 heteroatoms. The Balaban J connectivity index is 1.85. The van der Waals surface area contributed by atoms with Gasteiger partial charge in [0.25, 0.3) is 0 Å². The van der Waals surface area contributed by atoms with Gasteiger partial charge in [0.15, 0.2) is 0 Å². The first-order valence-electron chi connectivity index (χ1n) is 7.88. The van der Waals surface area contributed by atoms with Crippen molar-refractivity contribution >= 4 is 11.6 Å². The van der Waals surface area contributed by atoms with Gasteiger partial charge in [0.1, 0.15) is 5.82 Å². The first kappa shape index (κ1) is 17.2. The normalized spacial score (nSPS) is 11.0. The van der Waals surface area contributed by atoms with E-state index >= 15 is 0 Å². The number of nitrogens with one attached hydrogen (secondary N) is 1. The Morgan fingerprint density at radius 2 is 1.74 bits per heavy atom. The molecule has 0 radical (unpaired) electrons. The van der Waals surface area contributed by atoms with E-state index in [0.29, 0.717) is 24.7 Å². The maximum Gasteiger partial charge on any atom is 0.225 e. The fraction of sp³-hybridized carbons (Fsp3) is 0.316. The first-order valence-corrected chi connectivity index (χ1v) is 7.88. The minimum atomic E-state index is -0.308. The van der Waals surface area contributed by atoms with Gasteiger partial charge in [0, 0.05) is 31.2 Å². The van der Waals surface area contributed by atoms with Crippen LogP contribution in [0, 0.1) is 5.82 Å². The zero-order valence-corrected chi connectivity index (χ0v) is 13.6. The van der Waals surface area contributed by atoms with Crippen LogP contribution >= 0.6 is 0 Å². The molecule has 1 amide bonds. The van der Waals surface area contributed by atoms with Crippen molar-refractivity contribution in [2.45, 2.75) is 32.9 Å². The number of halogens is 1. The third kappa shape index (κ3) is 5.83. The quantitative estimate of drug-likeness (QED) is 0.835. The molecule has 3 nitrogen and oxygen atoms in total. The lowest BCUT2D eigenvalue weighted by Gasteiger charge is -2.26. The van der Waals surface area contributed by atoms with Gasteiger partial charge in [-0.3, -0.25) is 9.69 Å². The van der Waals surface area contributed by atoms with E-state index in [0.717, 1.165) is 6.54 Å². The van der Waals surface area contributed by atoms with E-state index in [-0.39, 0.29) is 11.7 Å². The average molecular weight is 314 g/mol. The zero-order chi connectivity index (χ0) is 16.7. The Labute approximate surface area is 137 Å². The van der Waals surface area contributed by atoms with Crippen molar-refractivity contribution < 1.29 is 9.18 Å². The average Bonchev–Trinajstić information content (AvgIpc) is 2.54. The smallest absolute Gasteiger partial charge is 0.225 e. The molecule has 0 atom stereocenters. The molecule has 0 fully saturated rings. The lowest BCUT2D eigenvalue weighted by Crippen LogP contribution is -2.33. The highest BCUT2D eigenvalue weighted by molar-refractivity contribution is 5.90. The van der Waals surface area contributed by atoms with E-state index < -0.39 is 0 Å². The second-order valence-corrected chi connectivity index (χ2v) is 5.85. The van der Waals surface area contributed by atoms with E-state index in [9.17, 15) is 9.18 Å². The van der Waals surface area contributed by atoms with Crippen LogP contribution in [0.25, 0.3) is 0 Å². The summed E-state index contributed by atoms with van der Waals surface area (Å²) in [5.74, 6) is -0.368. The molecule has 2 aromatic carbocycles. The molecule has 0 spiro atoms. The molecule has 122 valence electrons. The van der Waals surface area contributed by atoms with Crippen LogP contribution in [-0.4, -0.2) is 23.4 Å². The summed E-state index contributed by atoms with van der Waals surface area (Å²) in [5.41, 5.74) is 1.86. The van der Waals surface area contributed by atoms with Crippen LogP contribution in [0.2, 0.25) is 0 Å². The highest BCUT2D eigenvalue weighted by atomic mass is 19.1. The number of nitrogens with zero attached hydrogens (tertiary/aromatic N) is 1. The van der Waals surface area contributed by atoms with Gasteiger partial charge in [0.2, 0.25) is 5.91 Å². The second kappa shape index (κ2) is 8.44. The van der Waals surface area contributed by atoms with Crippen LogP contribution in [0.5, 0.6) is 0 Å². The van der Waals surface area contributed by atoms with Gasteiger partial charge in [-0.05, 0) is 43.7 Å². The maximum absolute atomic E-state index is 12.9. The van der Waals surface area contributed by atoms with Crippen LogP contribution in [0.1, 0.15) is 25.8 Å². The SMILES string of the molecule is CC(C)N(CCC(=O)Nc1ccc(F)cc1)Cc1ccccc1. The molecule has 0 heterocycles. The van der Waals surface area contributed by atoms with Gasteiger partial charge < -0.3 is 5.32 Å². The van der Waals surface area contributed by atoms with Crippen LogP contribution in [0.4, 0.5) is 10.1 Å². The van der Waals surface area contributed by atoms with E-state index in [1.807, 2.05) is 18.2 Å². The lowest BCUT2D eigenvalue weighted by atomic mass is 10.2. The van der Waals surface area contributed by atoms with E-state index in [4.69, 9.17) is 0 Å². The Kier molecular flexibility index (Phi) is 6.29. The number of hydrogen-bond donors (Lipinski definition) is 1. The molecule has 0 aliphatic rings. The molecule has 2 aromatic rings. The Morgan fingerprint density at radius 3 is 2.35 bits per heavy atom. The van der Waals surface area contributed by atoms with Gasteiger partial charge in [-0.1, -0.05) is 30.3 Å². The molecule has 0 aromatic heterocycles. The number of benzene rings is 2. The maximum atomic E-state index is 12.9. The monoisotopic (exact) mass is 314 g/mol. The summed E-state index contributed by atoms with van der Waals surface area (Å²) in [5, 5.41) is 2.80. The molecule has 0 saturated heterocycles. The predicted octanol–water partition coefficient (Wildman–Crippen LogP) is 4.06. The molecule has 0 aliphatic heterocycles. The predicted molar refractivity (Wildman–Crippen MR) is 91.6 cm³/mol.